The van der Waals surface area contributed by atoms with Crippen molar-refractivity contribution in [2.45, 2.75) is 25.7 Å². The molecule has 0 radical (unpaired) electrons. The van der Waals surface area contributed by atoms with E-state index in [0.29, 0.717) is 11.5 Å². The van der Waals surface area contributed by atoms with E-state index < -0.39 is 0 Å². The number of rotatable bonds is 2. The van der Waals surface area contributed by atoms with E-state index in [9.17, 15) is 4.79 Å². The minimum atomic E-state index is -0.157. The summed E-state index contributed by atoms with van der Waals surface area (Å²) < 4.78 is 1.77. The summed E-state index contributed by atoms with van der Waals surface area (Å²) in [6, 6.07) is 1.96. The van der Waals surface area contributed by atoms with Gasteiger partial charge in [-0.05, 0) is 37.3 Å². The number of hydrogen-bond acceptors (Lipinski definition) is 3. The number of aryl methyl sites for hydroxylation is 3. The van der Waals surface area contributed by atoms with Crippen LogP contribution in [0.15, 0.2) is 24.7 Å². The van der Waals surface area contributed by atoms with Crippen LogP contribution in [0.3, 0.4) is 0 Å². The Balaban J connectivity index is 1.82. The zero-order chi connectivity index (χ0) is 13.2. The molecule has 0 aliphatic heterocycles. The molecule has 0 fully saturated rings. The summed E-state index contributed by atoms with van der Waals surface area (Å²) in [4.78, 5) is 20.6. The fraction of sp³-hybridized carbons (Fsp3) is 0.357. The molecule has 19 heavy (non-hydrogen) atoms. The number of amides is 1. The predicted molar refractivity (Wildman–Crippen MR) is 72.0 cm³/mol. The van der Waals surface area contributed by atoms with E-state index in [0.717, 1.165) is 18.5 Å². The average Bonchev–Trinajstić information content (AvgIpc) is 2.84. The van der Waals surface area contributed by atoms with Crippen LogP contribution < -0.4 is 5.32 Å². The molecule has 98 valence electrons. The number of pyridine rings is 1. The number of anilines is 1. The third kappa shape index (κ3) is 2.36. The molecule has 5 heteroatoms. The normalized spacial score (nSPS) is 13.9. The summed E-state index contributed by atoms with van der Waals surface area (Å²) in [7, 11) is 1.84. The number of carbonyl (C=O) groups excluding carboxylic acids is 1. The maximum atomic E-state index is 12.1. The van der Waals surface area contributed by atoms with Crippen molar-refractivity contribution < 1.29 is 4.79 Å². The number of aromatic nitrogens is 3. The van der Waals surface area contributed by atoms with Crippen LogP contribution in [-0.2, 0) is 19.9 Å². The molecule has 0 spiro atoms. The monoisotopic (exact) mass is 256 g/mol. The number of hydrogen-bond donors (Lipinski definition) is 1. The lowest BCUT2D eigenvalue weighted by molar-refractivity contribution is 0.102. The number of nitrogens with zero attached hydrogens (tertiary/aromatic N) is 3. The Labute approximate surface area is 111 Å². The van der Waals surface area contributed by atoms with Gasteiger partial charge >= 0.3 is 0 Å². The summed E-state index contributed by atoms with van der Waals surface area (Å²) in [6.07, 6.45) is 9.52. The van der Waals surface area contributed by atoms with Gasteiger partial charge in [0, 0.05) is 31.3 Å². The highest BCUT2D eigenvalue weighted by molar-refractivity contribution is 6.03. The molecule has 0 bridgehead atoms. The molecule has 0 atom stereocenters. The van der Waals surface area contributed by atoms with Gasteiger partial charge in [0.2, 0.25) is 5.95 Å². The van der Waals surface area contributed by atoms with Crippen molar-refractivity contribution in [1.29, 1.82) is 0 Å². The number of carbonyl (C=O) groups is 1. The first-order valence-electron chi connectivity index (χ1n) is 6.50. The number of imidazole rings is 1. The van der Waals surface area contributed by atoms with Crippen LogP contribution in [0.5, 0.6) is 0 Å². The van der Waals surface area contributed by atoms with E-state index in [1.54, 1.807) is 23.2 Å². The largest absolute Gasteiger partial charge is 0.320 e. The van der Waals surface area contributed by atoms with E-state index in [1.165, 1.54) is 18.4 Å². The maximum absolute atomic E-state index is 12.1. The molecule has 3 rings (SSSR count). The van der Waals surface area contributed by atoms with Gasteiger partial charge in [-0.25, -0.2) is 4.98 Å². The minimum Gasteiger partial charge on any atom is -0.320 e. The van der Waals surface area contributed by atoms with Gasteiger partial charge in [0.25, 0.3) is 5.91 Å². The summed E-state index contributed by atoms with van der Waals surface area (Å²) in [5.41, 5.74) is 2.95. The van der Waals surface area contributed by atoms with E-state index in [1.807, 2.05) is 13.1 Å². The van der Waals surface area contributed by atoms with Crippen LogP contribution >= 0.6 is 0 Å². The third-order valence-corrected chi connectivity index (χ3v) is 3.48. The standard InChI is InChI=1S/C14H16N4O/c1-18-7-6-15-14(18)17-13(19)11-8-10-4-2-3-5-12(10)16-9-11/h6-9H,2-5H2,1H3,(H,15,17,19). The SMILES string of the molecule is Cn1ccnc1NC(=O)c1cnc2c(c1)CCCC2. The Morgan fingerprint density at radius 3 is 2.95 bits per heavy atom. The summed E-state index contributed by atoms with van der Waals surface area (Å²) in [5, 5.41) is 2.79. The average molecular weight is 256 g/mol. The lowest BCUT2D eigenvalue weighted by Crippen LogP contribution is -2.17. The van der Waals surface area contributed by atoms with Crippen LogP contribution in [0.4, 0.5) is 5.95 Å². The molecule has 1 aliphatic rings. The molecular weight excluding hydrogens is 240 g/mol. The van der Waals surface area contributed by atoms with Crippen molar-refractivity contribution in [2.75, 3.05) is 5.32 Å². The van der Waals surface area contributed by atoms with Crippen LogP contribution in [0, 0.1) is 0 Å². The molecule has 0 unspecified atom stereocenters. The van der Waals surface area contributed by atoms with Crippen LogP contribution in [0.25, 0.3) is 0 Å². The zero-order valence-corrected chi connectivity index (χ0v) is 10.9. The Morgan fingerprint density at radius 1 is 1.32 bits per heavy atom. The molecule has 2 aromatic rings. The van der Waals surface area contributed by atoms with Gasteiger partial charge in [-0.15, -0.1) is 0 Å². The first-order valence-corrected chi connectivity index (χ1v) is 6.50. The first kappa shape index (κ1) is 11.9. The molecule has 1 amide bonds. The maximum Gasteiger partial charge on any atom is 0.259 e. The van der Waals surface area contributed by atoms with Crippen LogP contribution in [0.1, 0.15) is 34.5 Å². The van der Waals surface area contributed by atoms with E-state index in [4.69, 9.17) is 0 Å². The van der Waals surface area contributed by atoms with E-state index >= 15 is 0 Å². The number of fused-ring (bicyclic) bond motifs is 1. The van der Waals surface area contributed by atoms with Crippen molar-refractivity contribution in [2.24, 2.45) is 7.05 Å². The molecule has 0 saturated carbocycles. The molecule has 0 saturated heterocycles. The number of nitrogens with one attached hydrogen (secondary N) is 1. The lowest BCUT2D eigenvalue weighted by atomic mass is 9.95. The van der Waals surface area contributed by atoms with Gasteiger partial charge in [-0.3, -0.25) is 15.1 Å². The third-order valence-electron chi connectivity index (χ3n) is 3.48. The van der Waals surface area contributed by atoms with E-state index in [-0.39, 0.29) is 5.91 Å². The summed E-state index contributed by atoms with van der Waals surface area (Å²) in [5.74, 6) is 0.387. The topological polar surface area (TPSA) is 59.8 Å². The van der Waals surface area contributed by atoms with Crippen molar-refractivity contribution in [3.63, 3.8) is 0 Å². The molecular formula is C14H16N4O. The molecule has 0 aromatic carbocycles. The second kappa shape index (κ2) is 4.84. The van der Waals surface area contributed by atoms with Crippen LogP contribution in [-0.4, -0.2) is 20.4 Å². The molecule has 2 heterocycles. The molecule has 1 N–H and O–H groups in total. The fourth-order valence-corrected chi connectivity index (χ4v) is 2.37. The quantitative estimate of drug-likeness (QED) is 0.893. The van der Waals surface area contributed by atoms with Crippen molar-refractivity contribution in [3.05, 3.63) is 41.5 Å². The van der Waals surface area contributed by atoms with E-state index in [2.05, 4.69) is 15.3 Å². The lowest BCUT2D eigenvalue weighted by Gasteiger charge is -2.15. The second-order valence-corrected chi connectivity index (χ2v) is 4.85. The highest BCUT2D eigenvalue weighted by Crippen LogP contribution is 2.20. The van der Waals surface area contributed by atoms with Gasteiger partial charge in [0.05, 0.1) is 5.56 Å². The second-order valence-electron chi connectivity index (χ2n) is 4.85. The van der Waals surface area contributed by atoms with Gasteiger partial charge in [0.1, 0.15) is 0 Å². The molecule has 2 aromatic heterocycles. The minimum absolute atomic E-state index is 0.157. The Hall–Kier alpha value is -2.17. The fourth-order valence-electron chi connectivity index (χ4n) is 2.37. The van der Waals surface area contributed by atoms with Gasteiger partial charge < -0.3 is 4.57 Å². The predicted octanol–water partition coefficient (Wildman–Crippen LogP) is 1.95. The zero-order valence-electron chi connectivity index (χ0n) is 10.9. The van der Waals surface area contributed by atoms with Crippen molar-refractivity contribution in [1.82, 2.24) is 14.5 Å². The Bertz CT molecular complexity index is 618. The highest BCUT2D eigenvalue weighted by Gasteiger charge is 2.15. The Kier molecular flexibility index (Phi) is 3.03. The first-order chi connectivity index (χ1) is 9.24. The van der Waals surface area contributed by atoms with Gasteiger partial charge in [-0.1, -0.05) is 0 Å². The molecule has 1 aliphatic carbocycles. The van der Waals surface area contributed by atoms with Crippen molar-refractivity contribution in [3.8, 4) is 0 Å². The van der Waals surface area contributed by atoms with Gasteiger partial charge in [0.15, 0.2) is 0 Å². The van der Waals surface area contributed by atoms with Crippen LogP contribution in [0.2, 0.25) is 0 Å². The van der Waals surface area contributed by atoms with Gasteiger partial charge in [-0.2, -0.15) is 0 Å². The summed E-state index contributed by atoms with van der Waals surface area (Å²) in [6.45, 7) is 0. The molecule has 5 nitrogen and oxygen atoms in total. The summed E-state index contributed by atoms with van der Waals surface area (Å²) >= 11 is 0. The van der Waals surface area contributed by atoms with Crippen molar-refractivity contribution >= 4 is 11.9 Å². The Morgan fingerprint density at radius 2 is 2.16 bits per heavy atom. The highest BCUT2D eigenvalue weighted by atomic mass is 16.1. The smallest absolute Gasteiger partial charge is 0.259 e.